The van der Waals surface area contributed by atoms with Gasteiger partial charge in [-0.25, -0.2) is 4.39 Å². The summed E-state index contributed by atoms with van der Waals surface area (Å²) in [7, 11) is 0. The zero-order valence-corrected chi connectivity index (χ0v) is 11.4. The number of halogens is 2. The molecule has 1 aliphatic rings. The first-order valence-electron chi connectivity index (χ1n) is 6.17. The second kappa shape index (κ2) is 5.27. The third-order valence-corrected chi connectivity index (χ3v) is 4.04. The highest BCUT2D eigenvalue weighted by atomic mass is 35.5. The number of hydrogen-bond donors (Lipinski definition) is 0. The molecule has 1 amide bonds. The average Bonchev–Trinajstić information content (AvgIpc) is 2.73. The number of benzene rings is 1. The zero-order chi connectivity index (χ0) is 13.3. The van der Waals surface area contributed by atoms with Gasteiger partial charge in [0.15, 0.2) is 0 Å². The van der Waals surface area contributed by atoms with Crippen molar-refractivity contribution in [1.82, 2.24) is 4.90 Å². The summed E-state index contributed by atoms with van der Waals surface area (Å²) in [5.74, 6) is 0.377. The van der Waals surface area contributed by atoms with Gasteiger partial charge in [-0.05, 0) is 37.0 Å². The Balaban J connectivity index is 2.23. The fraction of sp³-hybridized carbons (Fsp3) is 0.500. The fourth-order valence-corrected chi connectivity index (χ4v) is 2.86. The number of likely N-dealkylation sites (tertiary alicyclic amines) is 1. The first-order chi connectivity index (χ1) is 8.54. The van der Waals surface area contributed by atoms with Gasteiger partial charge in [-0.2, -0.15) is 0 Å². The number of rotatable bonds is 2. The van der Waals surface area contributed by atoms with Gasteiger partial charge in [0, 0.05) is 24.0 Å². The van der Waals surface area contributed by atoms with Gasteiger partial charge in [-0.15, -0.1) is 11.6 Å². The van der Waals surface area contributed by atoms with E-state index in [1.54, 1.807) is 24.0 Å². The van der Waals surface area contributed by atoms with Gasteiger partial charge >= 0.3 is 0 Å². The van der Waals surface area contributed by atoms with Gasteiger partial charge in [-0.1, -0.05) is 13.0 Å². The first kappa shape index (κ1) is 13.3. The van der Waals surface area contributed by atoms with Crippen LogP contribution < -0.4 is 0 Å². The van der Waals surface area contributed by atoms with E-state index in [1.165, 1.54) is 6.07 Å². The Bertz CT molecular complexity index is 463. The molecule has 0 aliphatic carbocycles. The van der Waals surface area contributed by atoms with Crippen LogP contribution in [-0.2, 0) is 0 Å². The maximum absolute atomic E-state index is 13.5. The molecular formula is C14H17ClFNO. The SMILES string of the molecule is Cc1ccc(C(=O)N2CCC(C)C2CCl)cc1F. The molecule has 0 bridgehead atoms. The molecule has 18 heavy (non-hydrogen) atoms. The van der Waals surface area contributed by atoms with Crippen LogP contribution in [0.1, 0.15) is 29.3 Å². The lowest BCUT2D eigenvalue weighted by atomic mass is 10.0. The summed E-state index contributed by atoms with van der Waals surface area (Å²) in [5.41, 5.74) is 0.956. The minimum absolute atomic E-state index is 0.0588. The molecular weight excluding hydrogens is 253 g/mol. The van der Waals surface area contributed by atoms with Crippen LogP contribution in [0.5, 0.6) is 0 Å². The lowest BCUT2D eigenvalue weighted by molar-refractivity contribution is 0.0736. The Kier molecular flexibility index (Phi) is 3.91. The Hall–Kier alpha value is -1.09. The van der Waals surface area contributed by atoms with Crippen molar-refractivity contribution in [3.8, 4) is 0 Å². The molecule has 2 rings (SSSR count). The van der Waals surface area contributed by atoms with Crippen molar-refractivity contribution < 1.29 is 9.18 Å². The number of nitrogens with zero attached hydrogens (tertiary/aromatic N) is 1. The molecule has 1 aromatic rings. The third kappa shape index (κ3) is 2.37. The van der Waals surface area contributed by atoms with Crippen molar-refractivity contribution in [3.05, 3.63) is 35.1 Å². The topological polar surface area (TPSA) is 20.3 Å². The molecule has 0 N–H and O–H groups in total. The summed E-state index contributed by atoms with van der Waals surface area (Å²) >= 11 is 5.92. The van der Waals surface area contributed by atoms with Crippen LogP contribution >= 0.6 is 11.6 Å². The maximum atomic E-state index is 13.5. The quantitative estimate of drug-likeness (QED) is 0.755. The van der Waals surface area contributed by atoms with Crippen molar-refractivity contribution in [2.24, 2.45) is 5.92 Å². The normalized spacial score (nSPS) is 23.4. The predicted molar refractivity (Wildman–Crippen MR) is 70.5 cm³/mol. The number of hydrogen-bond acceptors (Lipinski definition) is 1. The van der Waals surface area contributed by atoms with E-state index >= 15 is 0 Å². The molecule has 4 heteroatoms. The summed E-state index contributed by atoms with van der Waals surface area (Å²) < 4.78 is 13.5. The van der Waals surface area contributed by atoms with E-state index in [9.17, 15) is 9.18 Å². The van der Waals surface area contributed by atoms with Crippen molar-refractivity contribution in [3.63, 3.8) is 0 Å². The Morgan fingerprint density at radius 2 is 2.28 bits per heavy atom. The van der Waals surface area contributed by atoms with Crippen LogP contribution in [0.3, 0.4) is 0 Å². The monoisotopic (exact) mass is 269 g/mol. The highest BCUT2D eigenvalue weighted by molar-refractivity contribution is 6.18. The van der Waals surface area contributed by atoms with Crippen LogP contribution in [0.2, 0.25) is 0 Å². The predicted octanol–water partition coefficient (Wildman–Crippen LogP) is 3.22. The highest BCUT2D eigenvalue weighted by Gasteiger charge is 2.34. The van der Waals surface area contributed by atoms with E-state index in [2.05, 4.69) is 6.92 Å². The average molecular weight is 270 g/mol. The molecule has 2 atom stereocenters. The summed E-state index contributed by atoms with van der Waals surface area (Å²) in [6.45, 7) is 4.48. The Morgan fingerprint density at radius 1 is 1.56 bits per heavy atom. The second-order valence-electron chi connectivity index (χ2n) is 4.95. The van der Waals surface area contributed by atoms with Gasteiger partial charge in [-0.3, -0.25) is 4.79 Å². The van der Waals surface area contributed by atoms with Crippen LogP contribution in [0, 0.1) is 18.7 Å². The van der Waals surface area contributed by atoms with Crippen molar-refractivity contribution >= 4 is 17.5 Å². The second-order valence-corrected chi connectivity index (χ2v) is 5.26. The van der Waals surface area contributed by atoms with Crippen molar-refractivity contribution in [2.75, 3.05) is 12.4 Å². The van der Waals surface area contributed by atoms with E-state index in [0.717, 1.165) is 6.42 Å². The summed E-state index contributed by atoms with van der Waals surface area (Å²) in [6, 6.07) is 4.68. The van der Waals surface area contributed by atoms with Gasteiger partial charge in [0.25, 0.3) is 5.91 Å². The summed E-state index contributed by atoms with van der Waals surface area (Å²) in [5, 5.41) is 0. The van der Waals surface area contributed by atoms with E-state index in [4.69, 9.17) is 11.6 Å². The van der Waals surface area contributed by atoms with Gasteiger partial charge in [0.2, 0.25) is 0 Å². The van der Waals surface area contributed by atoms with Crippen LogP contribution in [0.4, 0.5) is 4.39 Å². The van der Waals surface area contributed by atoms with Crippen LogP contribution in [0.15, 0.2) is 18.2 Å². The van der Waals surface area contributed by atoms with Crippen molar-refractivity contribution in [1.29, 1.82) is 0 Å². The molecule has 1 aliphatic heterocycles. The minimum atomic E-state index is -0.337. The Morgan fingerprint density at radius 3 is 2.89 bits per heavy atom. The van der Waals surface area contributed by atoms with Gasteiger partial charge in [0.1, 0.15) is 5.82 Å². The minimum Gasteiger partial charge on any atom is -0.334 e. The lowest BCUT2D eigenvalue weighted by Crippen LogP contribution is -2.38. The van der Waals surface area contributed by atoms with E-state index in [0.29, 0.717) is 29.5 Å². The van der Waals surface area contributed by atoms with E-state index in [1.807, 2.05) is 0 Å². The Labute approximate surface area is 112 Å². The molecule has 2 unspecified atom stereocenters. The van der Waals surface area contributed by atoms with E-state index in [-0.39, 0.29) is 17.8 Å². The van der Waals surface area contributed by atoms with Crippen molar-refractivity contribution in [2.45, 2.75) is 26.3 Å². The molecule has 2 nitrogen and oxygen atoms in total. The van der Waals surface area contributed by atoms with E-state index < -0.39 is 0 Å². The number of aryl methyl sites for hydroxylation is 1. The molecule has 1 saturated heterocycles. The first-order valence-corrected chi connectivity index (χ1v) is 6.71. The summed E-state index contributed by atoms with van der Waals surface area (Å²) in [4.78, 5) is 14.1. The zero-order valence-electron chi connectivity index (χ0n) is 10.6. The number of amides is 1. The molecule has 0 radical (unpaired) electrons. The maximum Gasteiger partial charge on any atom is 0.254 e. The molecule has 0 spiro atoms. The number of carbonyl (C=O) groups is 1. The lowest BCUT2D eigenvalue weighted by Gasteiger charge is -2.25. The molecule has 98 valence electrons. The number of carbonyl (C=O) groups excluding carboxylic acids is 1. The number of alkyl halides is 1. The fourth-order valence-electron chi connectivity index (χ4n) is 2.39. The van der Waals surface area contributed by atoms with Crippen LogP contribution in [0.25, 0.3) is 0 Å². The molecule has 1 fully saturated rings. The molecule has 1 aromatic carbocycles. The largest absolute Gasteiger partial charge is 0.334 e. The third-order valence-electron chi connectivity index (χ3n) is 3.72. The molecule has 0 aromatic heterocycles. The molecule has 0 saturated carbocycles. The smallest absolute Gasteiger partial charge is 0.254 e. The summed E-state index contributed by atoms with van der Waals surface area (Å²) in [6.07, 6.45) is 0.956. The van der Waals surface area contributed by atoms with Gasteiger partial charge in [0.05, 0.1) is 0 Å². The molecule has 1 heterocycles. The van der Waals surface area contributed by atoms with Gasteiger partial charge < -0.3 is 4.90 Å². The highest BCUT2D eigenvalue weighted by Crippen LogP contribution is 2.26. The standard InChI is InChI=1S/C14H17ClFNO/c1-9-3-4-11(7-12(9)16)14(18)17-6-5-10(2)13(17)8-15/h3-4,7,10,13H,5-6,8H2,1-2H3. The van der Waals surface area contributed by atoms with Crippen LogP contribution in [-0.4, -0.2) is 29.3 Å².